The van der Waals surface area contributed by atoms with E-state index in [0.717, 1.165) is 55.6 Å². The van der Waals surface area contributed by atoms with E-state index in [1.54, 1.807) is 0 Å². The first kappa shape index (κ1) is 18.5. The first-order valence-corrected chi connectivity index (χ1v) is 9.85. The molecular formula is C21H31N5. The van der Waals surface area contributed by atoms with Gasteiger partial charge in [0.25, 0.3) is 0 Å². The summed E-state index contributed by atoms with van der Waals surface area (Å²) in [5.74, 6) is 2.38. The molecule has 3 rings (SSSR count). The summed E-state index contributed by atoms with van der Waals surface area (Å²) >= 11 is 0. The highest BCUT2D eigenvalue weighted by Crippen LogP contribution is 2.25. The van der Waals surface area contributed by atoms with Gasteiger partial charge in [-0.1, -0.05) is 20.3 Å². The van der Waals surface area contributed by atoms with Gasteiger partial charge in [-0.15, -0.1) is 0 Å². The number of nitrogens with one attached hydrogen (secondary N) is 2. The highest BCUT2D eigenvalue weighted by Gasteiger charge is 2.15. The average molecular weight is 354 g/mol. The van der Waals surface area contributed by atoms with Gasteiger partial charge in [-0.25, -0.2) is 4.98 Å². The molecule has 1 fully saturated rings. The van der Waals surface area contributed by atoms with Crippen LogP contribution in [0.2, 0.25) is 0 Å². The number of nitrogens with zero attached hydrogens (tertiary/aromatic N) is 3. The predicted molar refractivity (Wildman–Crippen MR) is 111 cm³/mol. The number of unbranched alkanes of at least 4 members (excludes halogenated alkanes) is 1. The van der Waals surface area contributed by atoms with Crippen molar-refractivity contribution in [3.05, 3.63) is 36.0 Å². The molecule has 2 heterocycles. The summed E-state index contributed by atoms with van der Waals surface area (Å²) in [5, 5.41) is 6.70. The normalized spacial score (nSPS) is 15.1. The van der Waals surface area contributed by atoms with Crippen molar-refractivity contribution < 1.29 is 0 Å². The molecule has 1 aromatic carbocycles. The zero-order valence-corrected chi connectivity index (χ0v) is 16.3. The molecule has 2 aromatic rings. The topological polar surface area (TPSA) is 53.1 Å². The molecule has 1 aliphatic rings. The zero-order chi connectivity index (χ0) is 18.4. The molecule has 0 amide bonds. The lowest BCUT2D eigenvalue weighted by Crippen LogP contribution is -2.32. The van der Waals surface area contributed by atoms with E-state index >= 15 is 0 Å². The highest BCUT2D eigenvalue weighted by molar-refractivity contribution is 5.61. The van der Waals surface area contributed by atoms with E-state index in [1.807, 2.05) is 13.0 Å². The van der Waals surface area contributed by atoms with Crippen LogP contribution in [0.5, 0.6) is 0 Å². The minimum absolute atomic E-state index is 0.694. The van der Waals surface area contributed by atoms with Crippen LogP contribution < -0.4 is 15.5 Å². The summed E-state index contributed by atoms with van der Waals surface area (Å²) in [6, 6.07) is 10.6. The van der Waals surface area contributed by atoms with E-state index in [2.05, 4.69) is 63.6 Å². The standard InChI is InChI=1S/C21H31N5/c1-4-5-12-22-21-23-17(3)15-20(25-21)24-18-6-8-19(9-7-18)26-13-10-16(2)11-14-26/h6-9,15-16H,4-5,10-14H2,1-3H3,(H2,22,23,24,25). The molecule has 0 aliphatic carbocycles. The molecule has 140 valence electrons. The lowest BCUT2D eigenvalue weighted by molar-refractivity contribution is 0.438. The van der Waals surface area contributed by atoms with E-state index in [9.17, 15) is 0 Å². The summed E-state index contributed by atoms with van der Waals surface area (Å²) in [7, 11) is 0. The van der Waals surface area contributed by atoms with Crippen molar-refractivity contribution >= 4 is 23.1 Å². The molecule has 0 saturated carbocycles. The summed E-state index contributed by atoms with van der Waals surface area (Å²) in [6.45, 7) is 9.75. The Hall–Kier alpha value is -2.30. The van der Waals surface area contributed by atoms with Gasteiger partial charge in [0.05, 0.1) is 0 Å². The van der Waals surface area contributed by atoms with Crippen LogP contribution in [0.15, 0.2) is 30.3 Å². The number of anilines is 4. The fourth-order valence-electron chi connectivity index (χ4n) is 3.26. The van der Waals surface area contributed by atoms with Gasteiger partial charge in [0.15, 0.2) is 0 Å². The van der Waals surface area contributed by atoms with Crippen LogP contribution in [-0.4, -0.2) is 29.6 Å². The van der Waals surface area contributed by atoms with Crippen molar-refractivity contribution in [2.24, 2.45) is 5.92 Å². The second-order valence-corrected chi connectivity index (χ2v) is 7.34. The van der Waals surface area contributed by atoms with Crippen LogP contribution in [0.1, 0.15) is 45.2 Å². The number of benzene rings is 1. The maximum atomic E-state index is 4.58. The Balaban J connectivity index is 1.63. The van der Waals surface area contributed by atoms with Gasteiger partial charge in [0, 0.05) is 42.8 Å². The van der Waals surface area contributed by atoms with Crippen molar-refractivity contribution in [1.82, 2.24) is 9.97 Å². The van der Waals surface area contributed by atoms with E-state index in [0.29, 0.717) is 5.95 Å². The van der Waals surface area contributed by atoms with Crippen molar-refractivity contribution in [3.63, 3.8) is 0 Å². The van der Waals surface area contributed by atoms with Crippen LogP contribution >= 0.6 is 0 Å². The summed E-state index contributed by atoms with van der Waals surface area (Å²) in [6.07, 6.45) is 4.85. The van der Waals surface area contributed by atoms with Gasteiger partial charge < -0.3 is 15.5 Å². The lowest BCUT2D eigenvalue weighted by atomic mass is 9.99. The lowest BCUT2D eigenvalue weighted by Gasteiger charge is -2.32. The van der Waals surface area contributed by atoms with E-state index in [4.69, 9.17) is 0 Å². The van der Waals surface area contributed by atoms with Crippen LogP contribution in [-0.2, 0) is 0 Å². The van der Waals surface area contributed by atoms with Crippen molar-refractivity contribution in [2.45, 2.75) is 46.5 Å². The van der Waals surface area contributed by atoms with Crippen molar-refractivity contribution in [1.29, 1.82) is 0 Å². The molecule has 0 atom stereocenters. The molecule has 1 aliphatic heterocycles. The third-order valence-electron chi connectivity index (χ3n) is 4.96. The number of hydrogen-bond acceptors (Lipinski definition) is 5. The summed E-state index contributed by atoms with van der Waals surface area (Å²) in [5.41, 5.74) is 3.32. The number of aryl methyl sites for hydroxylation is 1. The molecule has 5 nitrogen and oxygen atoms in total. The third-order valence-corrected chi connectivity index (χ3v) is 4.96. The first-order valence-electron chi connectivity index (χ1n) is 9.85. The first-order chi connectivity index (χ1) is 12.6. The molecule has 0 spiro atoms. The van der Waals surface area contributed by atoms with Gasteiger partial charge in [0.1, 0.15) is 5.82 Å². The third kappa shape index (κ3) is 5.10. The van der Waals surface area contributed by atoms with Gasteiger partial charge in [-0.2, -0.15) is 4.98 Å². The Morgan fingerprint density at radius 3 is 2.54 bits per heavy atom. The molecule has 1 aromatic heterocycles. The maximum Gasteiger partial charge on any atom is 0.224 e. The van der Waals surface area contributed by atoms with E-state index in [1.165, 1.54) is 18.5 Å². The summed E-state index contributed by atoms with van der Waals surface area (Å²) < 4.78 is 0. The second-order valence-electron chi connectivity index (χ2n) is 7.34. The number of rotatable bonds is 7. The minimum atomic E-state index is 0.694. The van der Waals surface area contributed by atoms with Crippen LogP contribution in [0.3, 0.4) is 0 Å². The molecule has 1 saturated heterocycles. The van der Waals surface area contributed by atoms with Gasteiger partial charge in [-0.05, 0) is 56.4 Å². The molecule has 5 heteroatoms. The molecule has 2 N–H and O–H groups in total. The Kier molecular flexibility index (Phi) is 6.31. The Morgan fingerprint density at radius 1 is 1.12 bits per heavy atom. The van der Waals surface area contributed by atoms with Crippen LogP contribution in [0.4, 0.5) is 23.1 Å². The summed E-state index contributed by atoms with van der Waals surface area (Å²) in [4.78, 5) is 11.5. The fourth-order valence-corrected chi connectivity index (χ4v) is 3.26. The number of piperidine rings is 1. The minimum Gasteiger partial charge on any atom is -0.372 e. The average Bonchev–Trinajstić information content (AvgIpc) is 2.63. The van der Waals surface area contributed by atoms with Crippen molar-refractivity contribution in [2.75, 3.05) is 35.2 Å². The highest BCUT2D eigenvalue weighted by atomic mass is 15.1. The molecular weight excluding hydrogens is 322 g/mol. The van der Waals surface area contributed by atoms with E-state index < -0.39 is 0 Å². The quantitative estimate of drug-likeness (QED) is 0.688. The fraction of sp³-hybridized carbons (Fsp3) is 0.524. The number of hydrogen-bond donors (Lipinski definition) is 2. The smallest absolute Gasteiger partial charge is 0.224 e. The zero-order valence-electron chi connectivity index (χ0n) is 16.3. The van der Waals surface area contributed by atoms with Crippen molar-refractivity contribution in [3.8, 4) is 0 Å². The van der Waals surface area contributed by atoms with Gasteiger partial charge in [-0.3, -0.25) is 0 Å². The molecule has 0 radical (unpaired) electrons. The molecule has 0 unspecified atom stereocenters. The molecule has 26 heavy (non-hydrogen) atoms. The van der Waals surface area contributed by atoms with Crippen LogP contribution in [0, 0.1) is 12.8 Å². The maximum absolute atomic E-state index is 4.58. The van der Waals surface area contributed by atoms with Gasteiger partial charge >= 0.3 is 0 Å². The second kappa shape index (κ2) is 8.88. The Labute approximate surface area is 157 Å². The Morgan fingerprint density at radius 2 is 1.85 bits per heavy atom. The van der Waals surface area contributed by atoms with E-state index in [-0.39, 0.29) is 0 Å². The molecule has 0 bridgehead atoms. The van der Waals surface area contributed by atoms with Crippen LogP contribution in [0.25, 0.3) is 0 Å². The largest absolute Gasteiger partial charge is 0.372 e. The predicted octanol–water partition coefficient (Wildman–Crippen LogP) is 4.98. The van der Waals surface area contributed by atoms with Gasteiger partial charge in [0.2, 0.25) is 5.95 Å². The SMILES string of the molecule is CCCCNc1nc(C)cc(Nc2ccc(N3CCC(C)CC3)cc2)n1. The monoisotopic (exact) mass is 353 g/mol. The number of aromatic nitrogens is 2. The Bertz CT molecular complexity index is 690.